The van der Waals surface area contributed by atoms with Gasteiger partial charge in [-0.15, -0.1) is 11.3 Å². The summed E-state index contributed by atoms with van der Waals surface area (Å²) in [4.78, 5) is 20.7. The first-order valence-electron chi connectivity index (χ1n) is 12.6. The Hall–Kier alpha value is -4.40. The summed E-state index contributed by atoms with van der Waals surface area (Å²) < 4.78 is 2.33. The zero-order valence-corrected chi connectivity index (χ0v) is 22.3. The van der Waals surface area contributed by atoms with Gasteiger partial charge in [0, 0.05) is 16.0 Å². The van der Waals surface area contributed by atoms with Gasteiger partial charge in [-0.3, -0.25) is 9.36 Å². The summed E-state index contributed by atoms with van der Waals surface area (Å²) in [5, 5.41) is 21.3. The maximum atomic E-state index is 13.9. The first-order valence-corrected chi connectivity index (χ1v) is 14.3. The number of hydrogen-bond acceptors (Lipinski definition) is 7. The first-order chi connectivity index (χ1) is 19.2. The van der Waals surface area contributed by atoms with E-state index >= 15 is 0 Å². The van der Waals surface area contributed by atoms with Gasteiger partial charge in [-0.1, -0.05) is 59.9 Å². The maximum absolute atomic E-state index is 13.9. The van der Waals surface area contributed by atoms with Gasteiger partial charge in [-0.05, 0) is 71.8 Å². The van der Waals surface area contributed by atoms with Gasteiger partial charge in [0.05, 0.1) is 27.6 Å². The molecule has 1 atom stereocenters. The third kappa shape index (κ3) is 4.27. The lowest BCUT2D eigenvalue weighted by molar-refractivity contribution is 0.474. The first kappa shape index (κ1) is 23.7. The molecule has 6 nitrogen and oxygen atoms in total. The molecule has 0 fully saturated rings. The molecule has 0 unspecified atom stereocenters. The van der Waals surface area contributed by atoms with Gasteiger partial charge in [0.25, 0.3) is 5.56 Å². The largest absolute Gasteiger partial charge is 0.507 e. The molecular weight excluding hydrogens is 525 g/mol. The van der Waals surface area contributed by atoms with Crippen molar-refractivity contribution >= 4 is 45.8 Å². The topological polar surface area (TPSA) is 79.3 Å². The molecule has 2 aromatic heterocycles. The van der Waals surface area contributed by atoms with Crippen LogP contribution in [0, 0.1) is 0 Å². The average Bonchev–Trinajstić information content (AvgIpc) is 3.61. The molecule has 2 aliphatic rings. The predicted molar refractivity (Wildman–Crippen MR) is 156 cm³/mol. The van der Waals surface area contributed by atoms with E-state index in [2.05, 4.69) is 39.9 Å². The van der Waals surface area contributed by atoms with Crippen LogP contribution in [-0.2, 0) is 6.42 Å². The molecule has 7 rings (SSSR count). The van der Waals surface area contributed by atoms with Crippen LogP contribution < -0.4 is 14.9 Å². The van der Waals surface area contributed by atoms with Crippen LogP contribution in [0.5, 0.6) is 5.75 Å². The summed E-state index contributed by atoms with van der Waals surface area (Å²) in [7, 11) is 0. The Morgan fingerprint density at radius 3 is 2.59 bits per heavy atom. The van der Waals surface area contributed by atoms with Crippen LogP contribution in [0.25, 0.3) is 11.8 Å². The molecule has 190 valence electrons. The number of aryl methyl sites for hydroxylation is 1. The number of azo groups is 1. The molecule has 1 aliphatic heterocycles. The second-order valence-corrected chi connectivity index (χ2v) is 11.4. The Morgan fingerprint density at radius 2 is 1.74 bits per heavy atom. The zero-order chi connectivity index (χ0) is 26.3. The lowest BCUT2D eigenvalue weighted by Crippen LogP contribution is -2.38. The summed E-state index contributed by atoms with van der Waals surface area (Å²) in [6.07, 6.45) is 3.51. The van der Waals surface area contributed by atoms with Gasteiger partial charge < -0.3 is 5.11 Å². The van der Waals surface area contributed by atoms with Crippen LogP contribution in [-0.4, -0.2) is 9.67 Å². The molecule has 5 aromatic rings. The summed E-state index contributed by atoms with van der Waals surface area (Å²) >= 11 is 3.00. The number of thiophene rings is 1. The number of benzene rings is 3. The smallest absolute Gasteiger partial charge is 0.271 e. The molecule has 1 aliphatic carbocycles. The van der Waals surface area contributed by atoms with Crippen LogP contribution in [0.3, 0.4) is 0 Å². The fourth-order valence-electron chi connectivity index (χ4n) is 5.19. The summed E-state index contributed by atoms with van der Waals surface area (Å²) in [5.74, 6) is 0.0718. The number of phenolic OH excluding ortho intramolecular Hbond substituents is 1. The van der Waals surface area contributed by atoms with Crippen LogP contribution in [0.1, 0.15) is 34.0 Å². The van der Waals surface area contributed by atoms with Crippen LogP contribution in [0.4, 0.5) is 11.4 Å². The molecule has 0 spiro atoms. The van der Waals surface area contributed by atoms with E-state index in [1.807, 2.05) is 47.0 Å². The van der Waals surface area contributed by atoms with Crippen molar-refractivity contribution in [2.75, 3.05) is 0 Å². The van der Waals surface area contributed by atoms with Gasteiger partial charge >= 0.3 is 0 Å². The van der Waals surface area contributed by atoms with Gasteiger partial charge in [0.15, 0.2) is 4.80 Å². The molecule has 0 amide bonds. The molecular formula is C31H22N4O2S2. The van der Waals surface area contributed by atoms with E-state index in [1.165, 1.54) is 22.5 Å². The predicted octanol–water partition coefficient (Wildman–Crippen LogP) is 6.50. The molecule has 0 saturated carbocycles. The van der Waals surface area contributed by atoms with E-state index in [0.29, 0.717) is 20.6 Å². The van der Waals surface area contributed by atoms with Crippen molar-refractivity contribution in [1.82, 2.24) is 4.57 Å². The third-order valence-electron chi connectivity index (χ3n) is 7.02. The Kier molecular flexibility index (Phi) is 5.91. The maximum Gasteiger partial charge on any atom is 0.271 e. The Balaban J connectivity index is 1.37. The van der Waals surface area contributed by atoms with E-state index in [1.54, 1.807) is 35.6 Å². The van der Waals surface area contributed by atoms with Gasteiger partial charge in [0.1, 0.15) is 5.75 Å². The molecule has 1 N–H and O–H groups in total. The number of nitrogens with zero attached hydrogens (tertiary/aromatic N) is 4. The number of rotatable bonds is 4. The van der Waals surface area contributed by atoms with E-state index < -0.39 is 0 Å². The van der Waals surface area contributed by atoms with E-state index in [4.69, 9.17) is 4.99 Å². The minimum Gasteiger partial charge on any atom is -0.507 e. The molecule has 39 heavy (non-hydrogen) atoms. The fourth-order valence-corrected chi connectivity index (χ4v) is 7.03. The monoisotopic (exact) mass is 546 g/mol. The van der Waals surface area contributed by atoms with E-state index in [0.717, 1.165) is 34.7 Å². The summed E-state index contributed by atoms with van der Waals surface area (Å²) in [6, 6.07) is 26.8. The number of thiazole rings is 1. The average molecular weight is 547 g/mol. The van der Waals surface area contributed by atoms with Crippen molar-refractivity contribution < 1.29 is 5.11 Å². The quantitative estimate of drug-likeness (QED) is 0.261. The van der Waals surface area contributed by atoms with Crippen molar-refractivity contribution in [2.45, 2.75) is 18.9 Å². The highest BCUT2D eigenvalue weighted by atomic mass is 32.1. The second-order valence-electron chi connectivity index (χ2n) is 9.41. The molecule has 3 heterocycles. The van der Waals surface area contributed by atoms with E-state index in [9.17, 15) is 9.90 Å². The SMILES string of the molecule is O=c1/c(=C\c2cc(N=Nc3ccccc3)ccc2O)sc2n1[C@H](c1cccs1)C1=C(N=2)c2ccccc2CC1. The van der Waals surface area contributed by atoms with Crippen molar-refractivity contribution in [2.24, 2.45) is 15.2 Å². The summed E-state index contributed by atoms with van der Waals surface area (Å²) in [5.41, 5.74) is 6.31. The molecule has 0 radical (unpaired) electrons. The number of phenols is 1. The van der Waals surface area contributed by atoms with Crippen molar-refractivity contribution in [1.29, 1.82) is 0 Å². The fraction of sp³-hybridized carbons (Fsp3) is 0.0968. The lowest BCUT2D eigenvalue weighted by Gasteiger charge is -2.30. The van der Waals surface area contributed by atoms with Crippen molar-refractivity contribution in [3.8, 4) is 5.75 Å². The van der Waals surface area contributed by atoms with Crippen LogP contribution in [0.2, 0.25) is 0 Å². The van der Waals surface area contributed by atoms with Crippen molar-refractivity contribution in [3.63, 3.8) is 0 Å². The van der Waals surface area contributed by atoms with Gasteiger partial charge in [-0.25, -0.2) is 4.99 Å². The number of aromatic nitrogens is 1. The van der Waals surface area contributed by atoms with Crippen LogP contribution >= 0.6 is 22.7 Å². The Morgan fingerprint density at radius 1 is 0.923 bits per heavy atom. The molecule has 8 heteroatoms. The number of allylic oxidation sites excluding steroid dienone is 1. The number of fused-ring (bicyclic) bond motifs is 3. The standard InChI is InChI=1S/C31H22N4O2S2/c36-25-15-13-22(34-33-21-8-2-1-3-9-21)17-20(25)18-27-30(37)35-29(26-11-6-16-38-26)24-14-12-19-7-4-5-10-23(19)28(24)32-31(35)39-27/h1-11,13,15-18,29,36H,12,14H2/b27-18+,34-33?/t29-/m0/s1. The molecule has 3 aromatic carbocycles. The minimum atomic E-state index is -0.189. The van der Waals surface area contributed by atoms with Gasteiger partial charge in [-0.2, -0.15) is 10.2 Å². The Labute approximate surface area is 231 Å². The highest BCUT2D eigenvalue weighted by Gasteiger charge is 2.33. The number of hydrogen-bond donors (Lipinski definition) is 1. The highest BCUT2D eigenvalue weighted by molar-refractivity contribution is 7.10. The van der Waals surface area contributed by atoms with E-state index in [-0.39, 0.29) is 17.4 Å². The lowest BCUT2D eigenvalue weighted by atomic mass is 9.85. The van der Waals surface area contributed by atoms with Crippen molar-refractivity contribution in [3.05, 3.63) is 137 Å². The molecule has 0 bridgehead atoms. The second kappa shape index (κ2) is 9.72. The Bertz CT molecular complexity index is 1950. The number of aromatic hydroxyl groups is 1. The highest BCUT2D eigenvalue weighted by Crippen LogP contribution is 2.42. The van der Waals surface area contributed by atoms with Gasteiger partial charge in [0.2, 0.25) is 0 Å². The summed E-state index contributed by atoms with van der Waals surface area (Å²) in [6.45, 7) is 0. The third-order valence-corrected chi connectivity index (χ3v) is 8.93. The normalized spacial score (nSPS) is 16.6. The zero-order valence-electron chi connectivity index (χ0n) is 20.7. The minimum absolute atomic E-state index is 0.0718. The molecule has 0 saturated heterocycles. The van der Waals surface area contributed by atoms with Crippen LogP contribution in [0.15, 0.2) is 116 Å².